The van der Waals surface area contributed by atoms with E-state index in [0.717, 1.165) is 11.3 Å². The number of nitrogens with two attached hydrogens (primary N) is 1. The van der Waals surface area contributed by atoms with Crippen molar-refractivity contribution < 1.29 is 9.18 Å². The minimum Gasteiger partial charge on any atom is -0.366 e. The highest BCUT2D eigenvalue weighted by Gasteiger charge is 2.01. The Bertz CT molecular complexity index is 673. The molecule has 2 aromatic carbocycles. The zero-order valence-corrected chi connectivity index (χ0v) is 12.6. The molecule has 1 amide bonds. The summed E-state index contributed by atoms with van der Waals surface area (Å²) in [6.07, 6.45) is 0.667. The molecule has 114 valence electrons. The van der Waals surface area contributed by atoms with Crippen molar-refractivity contribution in [2.45, 2.75) is 6.42 Å². The minimum absolute atomic E-state index is 0.243. The predicted molar refractivity (Wildman–Crippen MR) is 89.3 cm³/mol. The lowest BCUT2D eigenvalue weighted by molar-refractivity contribution is 0.100. The average Bonchev–Trinajstić information content (AvgIpc) is 2.48. The standard InChI is InChI=1S/C16H16FN3OS/c17-13-3-1-2-11(10-13)8-9-19-16(22)20-14-6-4-12(5-7-14)15(18)21/h1-7,10H,8-9H2,(H2,18,21)(H2,19,20,22). The van der Waals surface area contributed by atoms with Gasteiger partial charge in [-0.15, -0.1) is 0 Å². The van der Waals surface area contributed by atoms with Gasteiger partial charge in [0.15, 0.2) is 5.11 Å². The lowest BCUT2D eigenvalue weighted by Crippen LogP contribution is -2.30. The fraction of sp³-hybridized carbons (Fsp3) is 0.125. The van der Waals surface area contributed by atoms with Crippen molar-refractivity contribution >= 4 is 28.9 Å². The molecule has 0 heterocycles. The van der Waals surface area contributed by atoms with Gasteiger partial charge in [0, 0.05) is 17.8 Å². The SMILES string of the molecule is NC(=O)c1ccc(NC(=S)NCCc2cccc(F)c2)cc1. The molecule has 0 unspecified atom stereocenters. The largest absolute Gasteiger partial charge is 0.366 e. The predicted octanol–water partition coefficient (Wildman–Crippen LogP) is 2.45. The summed E-state index contributed by atoms with van der Waals surface area (Å²) in [6.45, 7) is 0.592. The Morgan fingerprint density at radius 1 is 1.18 bits per heavy atom. The van der Waals surface area contributed by atoms with Crippen molar-refractivity contribution in [3.63, 3.8) is 0 Å². The minimum atomic E-state index is -0.470. The summed E-state index contributed by atoms with van der Waals surface area (Å²) in [6, 6.07) is 13.2. The summed E-state index contributed by atoms with van der Waals surface area (Å²) in [5.74, 6) is -0.713. The molecule has 0 saturated heterocycles. The molecule has 6 heteroatoms. The highest BCUT2D eigenvalue weighted by Crippen LogP contribution is 2.09. The first-order valence-corrected chi connectivity index (χ1v) is 7.14. The molecule has 0 bridgehead atoms. The van der Waals surface area contributed by atoms with E-state index in [1.165, 1.54) is 12.1 Å². The first-order chi connectivity index (χ1) is 10.5. The molecule has 0 spiro atoms. The van der Waals surface area contributed by atoms with Crippen LogP contribution in [-0.4, -0.2) is 17.6 Å². The maximum absolute atomic E-state index is 13.0. The van der Waals surface area contributed by atoms with Crippen LogP contribution in [0.4, 0.5) is 10.1 Å². The fourth-order valence-electron chi connectivity index (χ4n) is 1.91. The number of amides is 1. The van der Waals surface area contributed by atoms with Crippen LogP contribution in [0.5, 0.6) is 0 Å². The number of rotatable bonds is 5. The van der Waals surface area contributed by atoms with Crippen LogP contribution >= 0.6 is 12.2 Å². The molecular formula is C16H16FN3OS. The molecule has 0 fully saturated rings. The third-order valence-corrected chi connectivity index (χ3v) is 3.26. The molecule has 22 heavy (non-hydrogen) atoms. The van der Waals surface area contributed by atoms with Crippen LogP contribution in [0.25, 0.3) is 0 Å². The molecule has 0 saturated carbocycles. The second kappa shape index (κ2) is 7.51. The van der Waals surface area contributed by atoms with Gasteiger partial charge in [-0.05, 0) is 60.6 Å². The summed E-state index contributed by atoms with van der Waals surface area (Å²) < 4.78 is 13.0. The van der Waals surface area contributed by atoms with Crippen molar-refractivity contribution in [2.75, 3.05) is 11.9 Å². The molecular weight excluding hydrogens is 301 g/mol. The zero-order valence-electron chi connectivity index (χ0n) is 11.8. The Hall–Kier alpha value is -2.47. The Balaban J connectivity index is 1.79. The number of primary amides is 1. The molecule has 0 aliphatic carbocycles. The maximum Gasteiger partial charge on any atom is 0.248 e. The van der Waals surface area contributed by atoms with E-state index in [9.17, 15) is 9.18 Å². The van der Waals surface area contributed by atoms with E-state index in [1.807, 2.05) is 6.07 Å². The maximum atomic E-state index is 13.0. The number of thiocarbonyl (C=S) groups is 1. The van der Waals surface area contributed by atoms with E-state index in [-0.39, 0.29) is 5.82 Å². The Labute approximate surface area is 133 Å². The smallest absolute Gasteiger partial charge is 0.248 e. The van der Waals surface area contributed by atoms with Crippen molar-refractivity contribution in [2.24, 2.45) is 5.73 Å². The van der Waals surface area contributed by atoms with E-state index in [1.54, 1.807) is 30.3 Å². The third-order valence-electron chi connectivity index (χ3n) is 3.02. The quantitative estimate of drug-likeness (QED) is 0.741. The van der Waals surface area contributed by atoms with Gasteiger partial charge in [-0.1, -0.05) is 12.1 Å². The van der Waals surface area contributed by atoms with Crippen molar-refractivity contribution in [3.8, 4) is 0 Å². The first-order valence-electron chi connectivity index (χ1n) is 6.74. The van der Waals surface area contributed by atoms with E-state index in [4.69, 9.17) is 18.0 Å². The van der Waals surface area contributed by atoms with Crippen molar-refractivity contribution in [1.29, 1.82) is 0 Å². The Morgan fingerprint density at radius 3 is 2.55 bits per heavy atom. The molecule has 4 N–H and O–H groups in total. The summed E-state index contributed by atoms with van der Waals surface area (Å²) in [5, 5.41) is 6.50. The van der Waals surface area contributed by atoms with Gasteiger partial charge in [0.1, 0.15) is 5.82 Å². The number of anilines is 1. The number of carbonyl (C=O) groups excluding carboxylic acids is 1. The number of carbonyl (C=O) groups is 1. The van der Waals surface area contributed by atoms with Crippen molar-refractivity contribution in [1.82, 2.24) is 5.32 Å². The van der Waals surface area contributed by atoms with Crippen LogP contribution in [0.15, 0.2) is 48.5 Å². The van der Waals surface area contributed by atoms with Gasteiger partial charge in [-0.2, -0.15) is 0 Å². The molecule has 4 nitrogen and oxygen atoms in total. The zero-order chi connectivity index (χ0) is 15.9. The Kier molecular flexibility index (Phi) is 5.43. The number of hydrogen-bond acceptors (Lipinski definition) is 2. The molecule has 0 aromatic heterocycles. The van der Waals surface area contributed by atoms with Gasteiger partial charge in [0.05, 0.1) is 0 Å². The van der Waals surface area contributed by atoms with Crippen LogP contribution in [0.3, 0.4) is 0 Å². The molecule has 0 aliphatic heterocycles. The van der Waals surface area contributed by atoms with Crippen LogP contribution in [0.1, 0.15) is 15.9 Å². The van der Waals surface area contributed by atoms with Gasteiger partial charge >= 0.3 is 0 Å². The molecule has 0 atom stereocenters. The molecule has 2 rings (SSSR count). The number of halogens is 1. The lowest BCUT2D eigenvalue weighted by Gasteiger charge is -2.10. The summed E-state index contributed by atoms with van der Waals surface area (Å²) in [5.41, 5.74) is 7.27. The highest BCUT2D eigenvalue weighted by atomic mass is 32.1. The topological polar surface area (TPSA) is 67.2 Å². The van der Waals surface area contributed by atoms with Gasteiger partial charge in [-0.3, -0.25) is 4.79 Å². The average molecular weight is 317 g/mol. The van der Waals surface area contributed by atoms with E-state index < -0.39 is 5.91 Å². The monoisotopic (exact) mass is 317 g/mol. The third kappa shape index (κ3) is 4.82. The molecule has 2 aromatic rings. The van der Waals surface area contributed by atoms with E-state index in [0.29, 0.717) is 23.6 Å². The van der Waals surface area contributed by atoms with Gasteiger partial charge in [0.2, 0.25) is 5.91 Å². The van der Waals surface area contributed by atoms with E-state index >= 15 is 0 Å². The van der Waals surface area contributed by atoms with Crippen molar-refractivity contribution in [3.05, 3.63) is 65.5 Å². The number of nitrogens with one attached hydrogen (secondary N) is 2. The van der Waals surface area contributed by atoms with Crippen LogP contribution in [-0.2, 0) is 6.42 Å². The second-order valence-electron chi connectivity index (χ2n) is 4.70. The summed E-state index contributed by atoms with van der Waals surface area (Å²) >= 11 is 5.17. The van der Waals surface area contributed by atoms with E-state index in [2.05, 4.69) is 10.6 Å². The number of benzene rings is 2. The second-order valence-corrected chi connectivity index (χ2v) is 5.11. The molecule has 0 radical (unpaired) electrons. The highest BCUT2D eigenvalue weighted by molar-refractivity contribution is 7.80. The van der Waals surface area contributed by atoms with Gasteiger partial charge in [-0.25, -0.2) is 4.39 Å². The lowest BCUT2D eigenvalue weighted by atomic mass is 10.1. The normalized spacial score (nSPS) is 10.0. The van der Waals surface area contributed by atoms with Crippen LogP contribution in [0.2, 0.25) is 0 Å². The summed E-state index contributed by atoms with van der Waals surface area (Å²) in [4.78, 5) is 11.0. The van der Waals surface area contributed by atoms with Gasteiger partial charge < -0.3 is 16.4 Å². The Morgan fingerprint density at radius 2 is 1.91 bits per heavy atom. The summed E-state index contributed by atoms with van der Waals surface area (Å²) in [7, 11) is 0. The van der Waals surface area contributed by atoms with Crippen LogP contribution < -0.4 is 16.4 Å². The van der Waals surface area contributed by atoms with Gasteiger partial charge in [0.25, 0.3) is 0 Å². The first kappa shape index (κ1) is 15.9. The van der Waals surface area contributed by atoms with Crippen LogP contribution in [0, 0.1) is 5.82 Å². The number of hydrogen-bond donors (Lipinski definition) is 3. The fourth-order valence-corrected chi connectivity index (χ4v) is 2.13. The molecule has 0 aliphatic rings.